The molecule has 1 N–H and O–H groups in total. The highest BCUT2D eigenvalue weighted by Crippen LogP contribution is 2.43. The lowest BCUT2D eigenvalue weighted by molar-refractivity contribution is -0.149. The monoisotopic (exact) mass is 437 g/mol. The minimum Gasteiger partial charge on any atom is -0.480 e. The van der Waals surface area contributed by atoms with Crippen molar-refractivity contribution in [2.45, 2.75) is 58.7 Å². The van der Waals surface area contributed by atoms with Gasteiger partial charge in [-0.2, -0.15) is 5.10 Å². The number of hydrazone groups is 1. The molecule has 2 aliphatic rings. The third-order valence-electron chi connectivity index (χ3n) is 4.43. The van der Waals surface area contributed by atoms with E-state index in [1.165, 1.54) is 0 Å². The standard InChI is InChI=1S/C15H24IN3O4/c1-6-15(12(20)21)10-8-18(13(22)23-14(3,4)5)9(2)7-19(10)17-11(15)16/h9-10H,6-8H2,1-5H3,(H,20,21). The van der Waals surface area contributed by atoms with E-state index in [2.05, 4.69) is 5.10 Å². The zero-order valence-corrected chi connectivity index (χ0v) is 16.3. The van der Waals surface area contributed by atoms with E-state index in [4.69, 9.17) is 4.74 Å². The molecule has 3 unspecified atom stereocenters. The van der Waals surface area contributed by atoms with Crippen LogP contribution >= 0.6 is 22.6 Å². The summed E-state index contributed by atoms with van der Waals surface area (Å²) in [6.45, 7) is 10.0. The molecule has 0 aromatic rings. The number of hydrogen-bond acceptors (Lipinski definition) is 5. The number of nitrogens with zero attached hydrogens (tertiary/aromatic N) is 3. The summed E-state index contributed by atoms with van der Waals surface area (Å²) in [7, 11) is 0. The second kappa shape index (κ2) is 6.10. The molecule has 8 heteroatoms. The van der Waals surface area contributed by atoms with Crippen LogP contribution in [0.2, 0.25) is 0 Å². The minimum atomic E-state index is -1.05. The molecule has 7 nitrogen and oxygen atoms in total. The molecule has 1 saturated heterocycles. The van der Waals surface area contributed by atoms with Gasteiger partial charge in [-0.1, -0.05) is 6.92 Å². The predicted octanol–water partition coefficient (Wildman–Crippen LogP) is 2.54. The Bertz CT molecular complexity index is 545. The van der Waals surface area contributed by atoms with Crippen LogP contribution < -0.4 is 0 Å². The lowest BCUT2D eigenvalue weighted by Crippen LogP contribution is -2.62. The van der Waals surface area contributed by atoms with Crippen LogP contribution in [0, 0.1) is 5.41 Å². The Kier molecular flexibility index (Phi) is 4.85. The molecular weight excluding hydrogens is 413 g/mol. The van der Waals surface area contributed by atoms with Crippen molar-refractivity contribution < 1.29 is 19.4 Å². The molecule has 2 aliphatic heterocycles. The molecule has 0 radical (unpaired) electrons. The minimum absolute atomic E-state index is 0.0875. The molecule has 0 aromatic carbocycles. The molecule has 2 heterocycles. The van der Waals surface area contributed by atoms with Gasteiger partial charge in [0, 0.05) is 6.54 Å². The van der Waals surface area contributed by atoms with Crippen molar-refractivity contribution in [1.29, 1.82) is 0 Å². The van der Waals surface area contributed by atoms with E-state index in [0.717, 1.165) is 0 Å². The first-order valence-corrected chi connectivity index (χ1v) is 8.85. The first kappa shape index (κ1) is 18.3. The summed E-state index contributed by atoms with van der Waals surface area (Å²) < 4.78 is 6.04. The van der Waals surface area contributed by atoms with Crippen LogP contribution in [0.5, 0.6) is 0 Å². The number of hydrogen-bond donors (Lipinski definition) is 1. The lowest BCUT2D eigenvalue weighted by Gasteiger charge is -2.45. The molecule has 1 fully saturated rings. The van der Waals surface area contributed by atoms with Gasteiger partial charge in [0.1, 0.15) is 14.7 Å². The van der Waals surface area contributed by atoms with E-state index in [9.17, 15) is 14.7 Å². The molecule has 3 atom stereocenters. The Morgan fingerprint density at radius 3 is 2.52 bits per heavy atom. The van der Waals surface area contributed by atoms with Gasteiger partial charge in [-0.3, -0.25) is 9.80 Å². The van der Waals surface area contributed by atoms with Crippen LogP contribution in [0.25, 0.3) is 0 Å². The number of amides is 1. The summed E-state index contributed by atoms with van der Waals surface area (Å²) >= 11 is 2.01. The van der Waals surface area contributed by atoms with Crippen LogP contribution in [0.1, 0.15) is 41.0 Å². The number of carboxylic acid groups (broad SMARTS) is 1. The van der Waals surface area contributed by atoms with Crippen LogP contribution in [0.3, 0.4) is 0 Å². The van der Waals surface area contributed by atoms with E-state index < -0.39 is 23.1 Å². The highest BCUT2D eigenvalue weighted by atomic mass is 127. The molecule has 23 heavy (non-hydrogen) atoms. The molecular formula is C15H24IN3O4. The SMILES string of the molecule is CCC1(C(=O)O)C(I)=NN2CC(C)N(C(=O)OC(C)(C)C)CC21. The number of halogens is 1. The average molecular weight is 437 g/mol. The zero-order chi connectivity index (χ0) is 17.6. The number of ether oxygens (including phenoxy) is 1. The van der Waals surface area contributed by atoms with Gasteiger partial charge in [0.25, 0.3) is 0 Å². The third-order valence-corrected chi connectivity index (χ3v) is 5.61. The summed E-state index contributed by atoms with van der Waals surface area (Å²) in [5, 5.41) is 16.1. The zero-order valence-electron chi connectivity index (χ0n) is 14.2. The smallest absolute Gasteiger partial charge is 0.410 e. The maximum atomic E-state index is 12.5. The van der Waals surface area contributed by atoms with Crippen LogP contribution in [0.15, 0.2) is 5.10 Å². The van der Waals surface area contributed by atoms with Gasteiger partial charge < -0.3 is 14.7 Å². The molecule has 1 amide bonds. The molecule has 130 valence electrons. The fourth-order valence-corrected chi connectivity index (χ4v) is 4.40. The first-order chi connectivity index (χ1) is 10.5. The number of carboxylic acids is 1. The number of carbonyl (C=O) groups is 2. The van der Waals surface area contributed by atoms with Crippen molar-refractivity contribution in [3.05, 3.63) is 0 Å². The summed E-state index contributed by atoms with van der Waals surface area (Å²) in [5.41, 5.74) is -1.63. The molecule has 2 rings (SSSR count). The molecule has 0 bridgehead atoms. The number of aliphatic carboxylic acids is 1. The van der Waals surface area contributed by atoms with Gasteiger partial charge in [-0.05, 0) is 56.7 Å². The third kappa shape index (κ3) is 3.14. The number of carbonyl (C=O) groups excluding carboxylic acids is 1. The van der Waals surface area contributed by atoms with E-state index >= 15 is 0 Å². The van der Waals surface area contributed by atoms with Gasteiger partial charge in [0.15, 0.2) is 0 Å². The first-order valence-electron chi connectivity index (χ1n) is 7.77. The number of fused-ring (bicyclic) bond motifs is 1. The van der Waals surface area contributed by atoms with E-state index in [0.29, 0.717) is 23.2 Å². The summed E-state index contributed by atoms with van der Waals surface area (Å²) in [4.78, 5) is 26.1. The normalized spacial score (nSPS) is 30.8. The summed E-state index contributed by atoms with van der Waals surface area (Å²) in [6.07, 6.45) is 0.0314. The highest BCUT2D eigenvalue weighted by molar-refractivity contribution is 14.1. The van der Waals surface area contributed by atoms with Gasteiger partial charge in [0.05, 0.1) is 18.6 Å². The second-order valence-corrected chi connectivity index (χ2v) is 8.16. The van der Waals surface area contributed by atoms with Crippen molar-refractivity contribution in [2.75, 3.05) is 13.1 Å². The number of piperazine rings is 1. The molecule has 0 aromatic heterocycles. The van der Waals surface area contributed by atoms with Crippen molar-refractivity contribution in [2.24, 2.45) is 10.5 Å². The quantitative estimate of drug-likeness (QED) is 0.672. The van der Waals surface area contributed by atoms with Crippen molar-refractivity contribution in [1.82, 2.24) is 9.91 Å². The van der Waals surface area contributed by atoms with Crippen molar-refractivity contribution >= 4 is 38.4 Å². The van der Waals surface area contributed by atoms with Crippen LogP contribution in [-0.2, 0) is 9.53 Å². The molecule has 0 aliphatic carbocycles. The van der Waals surface area contributed by atoms with Gasteiger partial charge in [-0.15, -0.1) is 0 Å². The fourth-order valence-electron chi connectivity index (χ4n) is 3.16. The maximum absolute atomic E-state index is 12.5. The molecule has 0 saturated carbocycles. The topological polar surface area (TPSA) is 82.4 Å². The largest absolute Gasteiger partial charge is 0.480 e. The van der Waals surface area contributed by atoms with E-state index in [1.54, 1.807) is 4.90 Å². The summed E-state index contributed by atoms with van der Waals surface area (Å²) in [6, 6.07) is -0.448. The van der Waals surface area contributed by atoms with E-state index in [-0.39, 0.29) is 12.1 Å². The van der Waals surface area contributed by atoms with Gasteiger partial charge >= 0.3 is 12.1 Å². The van der Waals surface area contributed by atoms with Crippen molar-refractivity contribution in [3.8, 4) is 0 Å². The Balaban J connectivity index is 2.28. The van der Waals surface area contributed by atoms with Gasteiger partial charge in [0.2, 0.25) is 0 Å². The van der Waals surface area contributed by atoms with Crippen molar-refractivity contribution in [3.63, 3.8) is 0 Å². The highest BCUT2D eigenvalue weighted by Gasteiger charge is 2.58. The Hall–Kier alpha value is -1.06. The number of rotatable bonds is 2. The van der Waals surface area contributed by atoms with Crippen LogP contribution in [-0.4, -0.2) is 61.6 Å². The Morgan fingerprint density at radius 2 is 2.04 bits per heavy atom. The summed E-state index contributed by atoms with van der Waals surface area (Å²) in [5.74, 6) is -0.889. The molecule has 0 spiro atoms. The second-order valence-electron chi connectivity index (χ2n) is 7.14. The predicted molar refractivity (Wildman–Crippen MR) is 94.7 cm³/mol. The van der Waals surface area contributed by atoms with Gasteiger partial charge in [-0.25, -0.2) is 4.79 Å². The lowest BCUT2D eigenvalue weighted by atomic mass is 9.78. The maximum Gasteiger partial charge on any atom is 0.410 e. The fraction of sp³-hybridized carbons (Fsp3) is 0.800. The Labute approximate surface area is 150 Å². The van der Waals surface area contributed by atoms with E-state index in [1.807, 2.05) is 62.2 Å². The average Bonchev–Trinajstić information content (AvgIpc) is 2.66. The van der Waals surface area contributed by atoms with Crippen LogP contribution in [0.4, 0.5) is 4.79 Å². The Morgan fingerprint density at radius 1 is 1.43 bits per heavy atom.